The summed E-state index contributed by atoms with van der Waals surface area (Å²) in [6, 6.07) is 5.32. The van der Waals surface area contributed by atoms with Gasteiger partial charge in [0, 0.05) is 50.4 Å². The van der Waals surface area contributed by atoms with Crippen molar-refractivity contribution in [2.45, 2.75) is 6.54 Å². The zero-order chi connectivity index (χ0) is 18.0. The maximum Gasteiger partial charge on any atom is 0.255 e. The quantitative estimate of drug-likeness (QED) is 0.732. The number of nitrogens with zero attached hydrogens (tertiary/aromatic N) is 4. The van der Waals surface area contributed by atoms with Gasteiger partial charge in [-0.1, -0.05) is 6.07 Å². The highest BCUT2D eigenvalue weighted by atomic mass is 19.2. The largest absolute Gasteiger partial charge is 0.337 e. The molecule has 1 aromatic carbocycles. The molecule has 1 amide bonds. The Kier molecular flexibility index (Phi) is 4.56. The smallest absolute Gasteiger partial charge is 0.255 e. The fourth-order valence-electron chi connectivity index (χ4n) is 2.49. The van der Waals surface area contributed by atoms with Gasteiger partial charge in [0.2, 0.25) is 0 Å². The minimum atomic E-state index is -0.932. The van der Waals surface area contributed by atoms with Gasteiger partial charge in [-0.15, -0.1) is 0 Å². The van der Waals surface area contributed by atoms with Crippen LogP contribution in [0.5, 0.6) is 0 Å². The van der Waals surface area contributed by atoms with Crippen LogP contribution < -0.4 is 0 Å². The Bertz CT molecular complexity index is 923. The maximum absolute atomic E-state index is 13.3. The molecule has 0 atom stereocenters. The molecule has 0 N–H and O–H groups in total. The summed E-state index contributed by atoms with van der Waals surface area (Å²) in [4.78, 5) is 18.1. The van der Waals surface area contributed by atoms with Crippen molar-refractivity contribution >= 4 is 5.91 Å². The predicted octanol–water partition coefficient (Wildman–Crippen LogP) is 3.03. The van der Waals surface area contributed by atoms with Gasteiger partial charge in [-0.3, -0.25) is 14.5 Å². The van der Waals surface area contributed by atoms with E-state index in [0.717, 1.165) is 23.3 Å². The third-order valence-corrected chi connectivity index (χ3v) is 3.77. The number of rotatable bonds is 4. The Morgan fingerprint density at radius 1 is 1.12 bits per heavy atom. The van der Waals surface area contributed by atoms with E-state index < -0.39 is 11.6 Å². The van der Waals surface area contributed by atoms with E-state index in [9.17, 15) is 13.6 Å². The minimum Gasteiger partial charge on any atom is -0.337 e. The van der Waals surface area contributed by atoms with Crippen LogP contribution in [0.2, 0.25) is 0 Å². The molecule has 0 aliphatic heterocycles. The minimum absolute atomic E-state index is 0.160. The van der Waals surface area contributed by atoms with Crippen molar-refractivity contribution in [2.24, 2.45) is 7.05 Å². The number of aryl methyl sites for hydroxylation is 1. The molecule has 0 bridgehead atoms. The Hall–Kier alpha value is -3.09. The molecule has 0 spiro atoms. The number of hydrogen-bond acceptors (Lipinski definition) is 3. The molecule has 128 valence electrons. The highest BCUT2D eigenvalue weighted by Crippen LogP contribution is 2.19. The van der Waals surface area contributed by atoms with Crippen LogP contribution in [0.15, 0.2) is 49.1 Å². The monoisotopic (exact) mass is 342 g/mol. The molecular formula is C18H16F2N4O. The van der Waals surface area contributed by atoms with Gasteiger partial charge in [-0.2, -0.15) is 5.10 Å². The molecule has 5 nitrogen and oxygen atoms in total. The number of amides is 1. The summed E-state index contributed by atoms with van der Waals surface area (Å²) >= 11 is 0. The summed E-state index contributed by atoms with van der Waals surface area (Å²) in [6.07, 6.45) is 6.65. The molecule has 0 saturated heterocycles. The van der Waals surface area contributed by atoms with Gasteiger partial charge < -0.3 is 4.90 Å². The first-order valence-electron chi connectivity index (χ1n) is 7.57. The zero-order valence-electron chi connectivity index (χ0n) is 13.8. The molecule has 3 aromatic rings. The average Bonchev–Trinajstić information content (AvgIpc) is 3.04. The average molecular weight is 342 g/mol. The van der Waals surface area contributed by atoms with E-state index in [1.165, 1.54) is 17.2 Å². The Balaban J connectivity index is 1.79. The van der Waals surface area contributed by atoms with E-state index in [1.807, 2.05) is 13.2 Å². The van der Waals surface area contributed by atoms with Crippen LogP contribution in [0.1, 0.15) is 15.9 Å². The number of benzene rings is 1. The van der Waals surface area contributed by atoms with Gasteiger partial charge in [0.25, 0.3) is 5.91 Å². The fraction of sp³-hybridized carbons (Fsp3) is 0.167. The summed E-state index contributed by atoms with van der Waals surface area (Å²) in [5.74, 6) is -2.10. The van der Waals surface area contributed by atoms with Crippen molar-refractivity contribution in [1.29, 1.82) is 0 Å². The van der Waals surface area contributed by atoms with Crippen molar-refractivity contribution in [3.63, 3.8) is 0 Å². The molecule has 2 heterocycles. The lowest BCUT2D eigenvalue weighted by Gasteiger charge is -2.17. The van der Waals surface area contributed by atoms with Crippen LogP contribution in [-0.2, 0) is 13.6 Å². The summed E-state index contributed by atoms with van der Waals surface area (Å²) in [7, 11) is 3.40. The Labute approximate surface area is 143 Å². The van der Waals surface area contributed by atoms with Gasteiger partial charge >= 0.3 is 0 Å². The van der Waals surface area contributed by atoms with Crippen molar-refractivity contribution in [3.8, 4) is 11.1 Å². The van der Waals surface area contributed by atoms with E-state index in [1.54, 1.807) is 30.2 Å². The third-order valence-electron chi connectivity index (χ3n) is 3.77. The highest BCUT2D eigenvalue weighted by molar-refractivity contribution is 5.94. The van der Waals surface area contributed by atoms with Gasteiger partial charge in [0.05, 0.1) is 11.8 Å². The number of pyridine rings is 1. The first-order valence-corrected chi connectivity index (χ1v) is 7.57. The summed E-state index contributed by atoms with van der Waals surface area (Å²) in [6.45, 7) is 0.160. The van der Waals surface area contributed by atoms with E-state index in [4.69, 9.17) is 0 Å². The molecule has 0 radical (unpaired) electrons. The van der Waals surface area contributed by atoms with Gasteiger partial charge in [-0.25, -0.2) is 8.78 Å². The topological polar surface area (TPSA) is 51.0 Å². The number of carbonyl (C=O) groups excluding carboxylic acids is 1. The van der Waals surface area contributed by atoms with Crippen LogP contribution in [-0.4, -0.2) is 32.6 Å². The number of hydrogen-bond donors (Lipinski definition) is 0. The SMILES string of the molecule is CN(Cc1ccc(F)c(F)c1)C(=O)c1cncc(-c2cnn(C)c2)c1. The first-order chi connectivity index (χ1) is 11.9. The fourth-order valence-corrected chi connectivity index (χ4v) is 2.49. The van der Waals surface area contributed by atoms with Crippen LogP contribution in [0.4, 0.5) is 8.78 Å². The molecule has 0 saturated carbocycles. The van der Waals surface area contributed by atoms with Crippen LogP contribution in [0.25, 0.3) is 11.1 Å². The summed E-state index contributed by atoms with van der Waals surface area (Å²) < 4.78 is 28.0. The van der Waals surface area contributed by atoms with Crippen LogP contribution in [0.3, 0.4) is 0 Å². The molecule has 0 aliphatic carbocycles. The van der Waals surface area contributed by atoms with Gasteiger partial charge in [-0.05, 0) is 23.8 Å². The maximum atomic E-state index is 13.3. The highest BCUT2D eigenvalue weighted by Gasteiger charge is 2.15. The Morgan fingerprint density at radius 3 is 2.60 bits per heavy atom. The predicted molar refractivity (Wildman–Crippen MR) is 88.6 cm³/mol. The zero-order valence-corrected chi connectivity index (χ0v) is 13.8. The van der Waals surface area contributed by atoms with E-state index in [0.29, 0.717) is 11.1 Å². The first kappa shape index (κ1) is 16.8. The lowest BCUT2D eigenvalue weighted by molar-refractivity contribution is 0.0784. The van der Waals surface area contributed by atoms with E-state index in [2.05, 4.69) is 10.1 Å². The lowest BCUT2D eigenvalue weighted by atomic mass is 10.1. The normalized spacial score (nSPS) is 10.7. The standard InChI is InChI=1S/C18H16F2N4O/c1-23(10-12-3-4-16(19)17(20)5-12)18(25)14-6-13(7-21-8-14)15-9-22-24(2)11-15/h3-9,11H,10H2,1-2H3. The summed E-state index contributed by atoms with van der Waals surface area (Å²) in [5, 5.41) is 4.10. The molecular weight excluding hydrogens is 326 g/mol. The molecule has 7 heteroatoms. The Morgan fingerprint density at radius 2 is 1.92 bits per heavy atom. The summed E-state index contributed by atoms with van der Waals surface area (Å²) in [5.41, 5.74) is 2.55. The van der Waals surface area contributed by atoms with Crippen molar-refractivity contribution in [2.75, 3.05) is 7.05 Å². The molecule has 0 aliphatic rings. The number of carbonyl (C=O) groups is 1. The molecule has 0 unspecified atom stereocenters. The van der Waals surface area contributed by atoms with E-state index in [-0.39, 0.29) is 12.5 Å². The lowest BCUT2D eigenvalue weighted by Crippen LogP contribution is -2.26. The van der Waals surface area contributed by atoms with Crippen LogP contribution in [0, 0.1) is 11.6 Å². The number of aromatic nitrogens is 3. The van der Waals surface area contributed by atoms with Crippen molar-refractivity contribution in [3.05, 3.63) is 71.8 Å². The second-order valence-corrected chi connectivity index (χ2v) is 5.77. The van der Waals surface area contributed by atoms with Gasteiger partial charge in [0.1, 0.15) is 0 Å². The second kappa shape index (κ2) is 6.80. The molecule has 0 fully saturated rings. The molecule has 3 rings (SSSR count). The molecule has 25 heavy (non-hydrogen) atoms. The van der Waals surface area contributed by atoms with Crippen molar-refractivity contribution < 1.29 is 13.6 Å². The second-order valence-electron chi connectivity index (χ2n) is 5.77. The van der Waals surface area contributed by atoms with E-state index >= 15 is 0 Å². The number of halogens is 2. The third kappa shape index (κ3) is 3.71. The molecule has 2 aromatic heterocycles. The van der Waals surface area contributed by atoms with Crippen LogP contribution >= 0.6 is 0 Å². The van der Waals surface area contributed by atoms with Crippen molar-refractivity contribution in [1.82, 2.24) is 19.7 Å². The van der Waals surface area contributed by atoms with Gasteiger partial charge in [0.15, 0.2) is 11.6 Å².